The molecule has 0 atom stereocenters. The van der Waals surface area contributed by atoms with Crippen molar-refractivity contribution in [3.05, 3.63) is 65.1 Å². The van der Waals surface area contributed by atoms with Crippen molar-refractivity contribution in [2.75, 3.05) is 5.73 Å². The maximum atomic E-state index is 11.9. The van der Waals surface area contributed by atoms with Gasteiger partial charge in [-0.25, -0.2) is 9.78 Å². The maximum absolute atomic E-state index is 11.9. The predicted molar refractivity (Wildman–Crippen MR) is 80.2 cm³/mol. The van der Waals surface area contributed by atoms with E-state index in [9.17, 15) is 4.79 Å². The van der Waals surface area contributed by atoms with E-state index in [4.69, 9.17) is 22.1 Å². The van der Waals surface area contributed by atoms with Crippen molar-refractivity contribution >= 4 is 28.9 Å². The Morgan fingerprint density at radius 1 is 1.33 bits per heavy atom. The number of anilines is 1. The van der Waals surface area contributed by atoms with Gasteiger partial charge in [-0.05, 0) is 30.3 Å². The van der Waals surface area contributed by atoms with Crippen LogP contribution in [0.25, 0.3) is 5.65 Å². The van der Waals surface area contributed by atoms with E-state index in [1.165, 1.54) is 6.07 Å². The zero-order valence-electron chi connectivity index (χ0n) is 11.0. The Labute approximate surface area is 125 Å². The van der Waals surface area contributed by atoms with Crippen LogP contribution < -0.4 is 5.73 Å². The van der Waals surface area contributed by atoms with Crippen molar-refractivity contribution in [2.45, 2.75) is 6.61 Å². The van der Waals surface area contributed by atoms with Crippen molar-refractivity contribution < 1.29 is 9.53 Å². The normalized spacial score (nSPS) is 10.7. The number of hydrogen-bond acceptors (Lipinski definition) is 4. The first-order valence-corrected chi connectivity index (χ1v) is 6.66. The largest absolute Gasteiger partial charge is 0.456 e. The number of benzene rings is 1. The first-order chi connectivity index (χ1) is 10.1. The molecular formula is C15H12ClN3O2. The Kier molecular flexibility index (Phi) is 3.50. The van der Waals surface area contributed by atoms with Crippen LogP contribution >= 0.6 is 11.6 Å². The first kappa shape index (κ1) is 13.5. The van der Waals surface area contributed by atoms with Gasteiger partial charge in [0.15, 0.2) is 0 Å². The molecule has 3 rings (SSSR count). The highest BCUT2D eigenvalue weighted by atomic mass is 35.5. The molecule has 0 spiro atoms. The SMILES string of the molecule is Nc1cc(C(=O)OCc2cn3ccccc3n2)ccc1Cl. The fourth-order valence-corrected chi connectivity index (χ4v) is 2.07. The topological polar surface area (TPSA) is 69.6 Å². The summed E-state index contributed by atoms with van der Waals surface area (Å²) in [4.78, 5) is 16.3. The van der Waals surface area contributed by atoms with Crippen LogP contribution in [0.4, 0.5) is 5.69 Å². The van der Waals surface area contributed by atoms with Gasteiger partial charge in [0.1, 0.15) is 12.3 Å². The summed E-state index contributed by atoms with van der Waals surface area (Å²) in [5.41, 5.74) is 7.85. The molecule has 1 aromatic carbocycles. The molecule has 0 aliphatic carbocycles. The molecule has 2 aromatic heterocycles. The molecule has 5 nitrogen and oxygen atoms in total. The van der Waals surface area contributed by atoms with E-state index >= 15 is 0 Å². The average molecular weight is 302 g/mol. The lowest BCUT2D eigenvalue weighted by molar-refractivity contribution is 0.0468. The number of aromatic nitrogens is 2. The third-order valence-corrected chi connectivity index (χ3v) is 3.34. The molecule has 0 unspecified atom stereocenters. The second-order valence-electron chi connectivity index (χ2n) is 4.51. The summed E-state index contributed by atoms with van der Waals surface area (Å²) in [6, 6.07) is 10.3. The average Bonchev–Trinajstić information content (AvgIpc) is 2.90. The summed E-state index contributed by atoms with van der Waals surface area (Å²) in [5, 5.41) is 0.409. The lowest BCUT2D eigenvalue weighted by atomic mass is 10.2. The number of hydrogen-bond donors (Lipinski definition) is 1. The lowest BCUT2D eigenvalue weighted by Crippen LogP contribution is -2.06. The van der Waals surface area contributed by atoms with Crippen LogP contribution in [0.15, 0.2) is 48.8 Å². The van der Waals surface area contributed by atoms with Gasteiger partial charge >= 0.3 is 5.97 Å². The molecule has 0 saturated carbocycles. The number of ether oxygens (including phenoxy) is 1. The summed E-state index contributed by atoms with van der Waals surface area (Å²) in [6.45, 7) is 0.100. The third kappa shape index (κ3) is 2.83. The molecule has 21 heavy (non-hydrogen) atoms. The van der Waals surface area contributed by atoms with E-state index in [2.05, 4.69) is 4.98 Å². The second-order valence-corrected chi connectivity index (χ2v) is 4.92. The highest BCUT2D eigenvalue weighted by Gasteiger charge is 2.10. The fourth-order valence-electron chi connectivity index (χ4n) is 1.95. The van der Waals surface area contributed by atoms with E-state index in [1.807, 2.05) is 35.0 Å². The number of imidazole rings is 1. The molecule has 6 heteroatoms. The zero-order chi connectivity index (χ0) is 14.8. The van der Waals surface area contributed by atoms with Gasteiger partial charge in [-0.3, -0.25) is 0 Å². The van der Waals surface area contributed by atoms with E-state index in [-0.39, 0.29) is 6.61 Å². The fraction of sp³-hybridized carbons (Fsp3) is 0.0667. The minimum Gasteiger partial charge on any atom is -0.456 e. The molecule has 2 N–H and O–H groups in total. The minimum atomic E-state index is -0.463. The molecule has 0 aliphatic rings. The van der Waals surface area contributed by atoms with Crippen molar-refractivity contribution in [3.63, 3.8) is 0 Å². The number of nitrogen functional groups attached to an aromatic ring is 1. The van der Waals surface area contributed by atoms with Crippen molar-refractivity contribution in [1.29, 1.82) is 0 Å². The predicted octanol–water partition coefficient (Wildman–Crippen LogP) is 2.93. The molecule has 0 radical (unpaired) electrons. The molecule has 2 heterocycles. The minimum absolute atomic E-state index is 0.100. The van der Waals surface area contributed by atoms with Crippen LogP contribution in [-0.2, 0) is 11.3 Å². The van der Waals surface area contributed by atoms with Gasteiger partial charge in [0.05, 0.1) is 22.0 Å². The number of pyridine rings is 1. The summed E-state index contributed by atoms with van der Waals surface area (Å²) in [6.07, 6.45) is 3.70. The summed E-state index contributed by atoms with van der Waals surface area (Å²) in [7, 11) is 0. The summed E-state index contributed by atoms with van der Waals surface area (Å²) in [5.74, 6) is -0.463. The van der Waals surface area contributed by atoms with Crippen LogP contribution in [0.5, 0.6) is 0 Å². The number of nitrogens with zero attached hydrogens (tertiary/aromatic N) is 2. The zero-order valence-corrected chi connectivity index (χ0v) is 11.7. The van der Waals surface area contributed by atoms with Crippen LogP contribution in [0, 0.1) is 0 Å². The smallest absolute Gasteiger partial charge is 0.338 e. The monoisotopic (exact) mass is 301 g/mol. The Balaban J connectivity index is 1.71. The van der Waals surface area contributed by atoms with Gasteiger partial charge in [-0.2, -0.15) is 0 Å². The van der Waals surface area contributed by atoms with E-state index < -0.39 is 5.97 Å². The number of carbonyl (C=O) groups excluding carboxylic acids is 1. The molecule has 106 valence electrons. The van der Waals surface area contributed by atoms with Crippen LogP contribution in [-0.4, -0.2) is 15.4 Å². The van der Waals surface area contributed by atoms with Gasteiger partial charge in [0, 0.05) is 12.4 Å². The van der Waals surface area contributed by atoms with Gasteiger partial charge in [0.2, 0.25) is 0 Å². The quantitative estimate of drug-likeness (QED) is 0.596. The van der Waals surface area contributed by atoms with Gasteiger partial charge < -0.3 is 14.9 Å². The van der Waals surface area contributed by atoms with Crippen molar-refractivity contribution in [1.82, 2.24) is 9.38 Å². The second kappa shape index (κ2) is 5.46. The first-order valence-electron chi connectivity index (χ1n) is 6.28. The highest BCUT2D eigenvalue weighted by Crippen LogP contribution is 2.20. The molecule has 0 bridgehead atoms. The Hall–Kier alpha value is -2.53. The molecule has 0 aliphatic heterocycles. The lowest BCUT2D eigenvalue weighted by Gasteiger charge is -2.04. The number of carbonyl (C=O) groups is 1. The van der Waals surface area contributed by atoms with Crippen LogP contribution in [0.2, 0.25) is 5.02 Å². The van der Waals surface area contributed by atoms with Crippen LogP contribution in [0.1, 0.15) is 16.1 Å². The summed E-state index contributed by atoms with van der Waals surface area (Å²) >= 11 is 5.81. The standard InChI is InChI=1S/C15H12ClN3O2/c16-12-5-4-10(7-13(12)17)15(20)21-9-11-8-19-6-2-1-3-14(19)18-11/h1-8H,9,17H2. The van der Waals surface area contributed by atoms with E-state index in [0.717, 1.165) is 5.65 Å². The number of halogens is 1. The number of rotatable bonds is 3. The molecule has 3 aromatic rings. The Bertz CT molecular complexity index is 781. The highest BCUT2D eigenvalue weighted by molar-refractivity contribution is 6.33. The van der Waals surface area contributed by atoms with E-state index in [1.54, 1.807) is 12.1 Å². The van der Waals surface area contributed by atoms with Crippen LogP contribution in [0.3, 0.4) is 0 Å². The Morgan fingerprint density at radius 2 is 2.19 bits per heavy atom. The number of nitrogens with two attached hydrogens (primary N) is 1. The molecule has 0 fully saturated rings. The molecule has 0 amide bonds. The number of fused-ring (bicyclic) bond motifs is 1. The van der Waals surface area contributed by atoms with E-state index in [0.29, 0.717) is 22.0 Å². The Morgan fingerprint density at radius 3 is 2.95 bits per heavy atom. The van der Waals surface area contributed by atoms with Crippen molar-refractivity contribution in [3.8, 4) is 0 Å². The van der Waals surface area contributed by atoms with Gasteiger partial charge in [0.25, 0.3) is 0 Å². The maximum Gasteiger partial charge on any atom is 0.338 e. The van der Waals surface area contributed by atoms with Gasteiger partial charge in [-0.15, -0.1) is 0 Å². The third-order valence-electron chi connectivity index (χ3n) is 3.00. The number of esters is 1. The van der Waals surface area contributed by atoms with Gasteiger partial charge in [-0.1, -0.05) is 17.7 Å². The van der Waals surface area contributed by atoms with Crippen molar-refractivity contribution in [2.24, 2.45) is 0 Å². The molecule has 0 saturated heterocycles. The molecular weight excluding hydrogens is 290 g/mol. The summed E-state index contributed by atoms with van der Waals surface area (Å²) < 4.78 is 7.09.